The number of nitrogens with zero attached hydrogens (tertiary/aromatic N) is 1. The second kappa shape index (κ2) is 12.8. The van der Waals surface area contributed by atoms with Crippen molar-refractivity contribution >= 4 is 49.4 Å². The van der Waals surface area contributed by atoms with Crippen molar-refractivity contribution in [3.8, 4) is 56.0 Å². The molecule has 1 aliphatic carbocycles. The fourth-order valence-corrected chi connectivity index (χ4v) is 9.98. The van der Waals surface area contributed by atoms with Gasteiger partial charge in [0.05, 0.1) is 5.69 Å². The van der Waals surface area contributed by atoms with Crippen molar-refractivity contribution in [1.29, 1.82) is 0 Å². The lowest BCUT2D eigenvalue weighted by atomic mass is 9.82. The second-order valence-corrected chi connectivity index (χ2v) is 16.5. The molecule has 2 heteroatoms. The van der Waals surface area contributed by atoms with Crippen molar-refractivity contribution in [2.24, 2.45) is 0 Å². The molecule has 0 aromatic heterocycles. The van der Waals surface area contributed by atoms with Crippen LogP contribution in [0.15, 0.2) is 200 Å². The molecule has 0 fully saturated rings. The van der Waals surface area contributed by atoms with Gasteiger partial charge >= 0.3 is 0 Å². The second-order valence-electron chi connectivity index (χ2n) is 16.5. The topological polar surface area (TPSA) is 12.5 Å². The summed E-state index contributed by atoms with van der Waals surface area (Å²) >= 11 is 0. The molecule has 0 unspecified atom stereocenters. The molecule has 2 nitrogen and oxygen atoms in total. The third-order valence-corrected chi connectivity index (χ3v) is 12.8. The van der Waals surface area contributed by atoms with Crippen LogP contribution in [0.2, 0.25) is 0 Å². The van der Waals surface area contributed by atoms with Gasteiger partial charge in [0.2, 0.25) is 0 Å². The van der Waals surface area contributed by atoms with Gasteiger partial charge in [-0.1, -0.05) is 159 Å². The maximum absolute atomic E-state index is 7.22. The quantitative estimate of drug-likeness (QED) is 0.166. The van der Waals surface area contributed by atoms with Crippen LogP contribution in [0, 0.1) is 0 Å². The predicted octanol–water partition coefficient (Wildman–Crippen LogP) is 16.0. The Morgan fingerprint density at radius 3 is 1.80 bits per heavy atom. The van der Waals surface area contributed by atoms with E-state index in [0.717, 1.165) is 56.4 Å². The summed E-state index contributed by atoms with van der Waals surface area (Å²) < 4.78 is 7.22. The summed E-state index contributed by atoms with van der Waals surface area (Å²) in [6, 6.07) is 73.2. The Hall–Kier alpha value is -7.42. The molecule has 59 heavy (non-hydrogen) atoms. The van der Waals surface area contributed by atoms with Gasteiger partial charge < -0.3 is 9.64 Å². The molecule has 2 aliphatic rings. The summed E-state index contributed by atoms with van der Waals surface area (Å²) in [7, 11) is 0. The first-order valence-electron chi connectivity index (χ1n) is 20.5. The molecule has 10 aromatic carbocycles. The largest absolute Gasteiger partial charge is 0.456 e. The molecule has 0 N–H and O–H groups in total. The molecule has 12 rings (SSSR count). The average Bonchev–Trinajstić information content (AvgIpc) is 3.42. The van der Waals surface area contributed by atoms with Crippen LogP contribution in [0.4, 0.5) is 17.1 Å². The first kappa shape index (κ1) is 33.7. The van der Waals surface area contributed by atoms with E-state index in [1.54, 1.807) is 0 Å². The smallest absolute Gasteiger partial charge is 0.137 e. The summed E-state index contributed by atoms with van der Waals surface area (Å²) in [5, 5.41) is 7.28. The Labute approximate surface area is 344 Å². The molecule has 0 saturated heterocycles. The molecule has 278 valence electrons. The van der Waals surface area contributed by atoms with Crippen molar-refractivity contribution in [3.63, 3.8) is 0 Å². The molecule has 0 bridgehead atoms. The number of hydrogen-bond acceptors (Lipinski definition) is 2. The first-order chi connectivity index (χ1) is 29.0. The minimum absolute atomic E-state index is 0.150. The highest BCUT2D eigenvalue weighted by atomic mass is 16.5. The van der Waals surface area contributed by atoms with Crippen molar-refractivity contribution in [2.75, 3.05) is 4.90 Å². The minimum atomic E-state index is -0.150. The first-order valence-corrected chi connectivity index (χ1v) is 20.5. The zero-order valence-electron chi connectivity index (χ0n) is 32.9. The van der Waals surface area contributed by atoms with Crippen LogP contribution < -0.4 is 9.64 Å². The lowest BCUT2D eigenvalue weighted by Gasteiger charge is -2.30. The molecule has 0 spiro atoms. The van der Waals surface area contributed by atoms with E-state index >= 15 is 0 Å². The number of fused-ring (bicyclic) bond motifs is 12. The van der Waals surface area contributed by atoms with E-state index in [9.17, 15) is 0 Å². The van der Waals surface area contributed by atoms with Crippen molar-refractivity contribution < 1.29 is 4.74 Å². The third-order valence-electron chi connectivity index (χ3n) is 12.8. The minimum Gasteiger partial charge on any atom is -0.456 e. The van der Waals surface area contributed by atoms with Crippen LogP contribution in [-0.4, -0.2) is 0 Å². The Kier molecular flexibility index (Phi) is 7.31. The van der Waals surface area contributed by atoms with E-state index in [1.165, 1.54) is 60.1 Å². The maximum atomic E-state index is 7.22. The van der Waals surface area contributed by atoms with Crippen molar-refractivity contribution in [1.82, 2.24) is 0 Å². The molecular weight excluding hydrogens is 715 g/mol. The molecular formula is C57H39NO. The maximum Gasteiger partial charge on any atom is 0.137 e. The van der Waals surface area contributed by atoms with Gasteiger partial charge in [-0.2, -0.15) is 0 Å². The number of benzene rings is 10. The number of ether oxygens (including phenoxy) is 1. The lowest BCUT2D eigenvalue weighted by Crippen LogP contribution is -2.16. The van der Waals surface area contributed by atoms with E-state index in [0.29, 0.717) is 0 Å². The van der Waals surface area contributed by atoms with Gasteiger partial charge in [0.25, 0.3) is 0 Å². The van der Waals surface area contributed by atoms with Gasteiger partial charge in [-0.05, 0) is 120 Å². The lowest BCUT2D eigenvalue weighted by molar-refractivity contribution is 0.488. The SMILES string of the molecule is CC1(C)c2ccccc2-c2ccc(N(c3ccc4c(c3)Oc3cccc(-c5ccccc5)c3-c3cc5ccccc5cc3-4)c3cc4ccccc4c4ccccc34)cc21. The van der Waals surface area contributed by atoms with Crippen LogP contribution in [0.25, 0.3) is 76.8 Å². The van der Waals surface area contributed by atoms with E-state index in [2.05, 4.69) is 219 Å². The van der Waals surface area contributed by atoms with Crippen LogP contribution in [0.1, 0.15) is 25.0 Å². The average molecular weight is 754 g/mol. The van der Waals surface area contributed by atoms with Gasteiger partial charge in [-0.15, -0.1) is 0 Å². The summed E-state index contributed by atoms with van der Waals surface area (Å²) in [5.41, 5.74) is 15.3. The van der Waals surface area contributed by atoms with Gasteiger partial charge in [0.1, 0.15) is 11.5 Å². The number of hydrogen-bond donors (Lipinski definition) is 0. The fourth-order valence-electron chi connectivity index (χ4n) is 9.98. The number of rotatable bonds is 4. The Balaban J connectivity index is 1.12. The van der Waals surface area contributed by atoms with Crippen LogP contribution in [0.3, 0.4) is 0 Å². The Morgan fingerprint density at radius 1 is 0.373 bits per heavy atom. The standard InChI is InChI=1S/C57H39NO/c1-57(2)51-25-13-12-22-45(51)46-29-27-40(34-52(46)57)58(53-33-39-19-8-9-20-42(39)44-21-10-11-23-47(44)53)41-28-30-48-49-31-37-17-6-7-18-38(37)32-50(49)56-43(36-15-4-3-5-16-36)24-14-26-54(56)59-55(48)35-41/h3-35H,1-2H3. The predicted molar refractivity (Wildman–Crippen MR) is 248 cm³/mol. The Morgan fingerprint density at radius 2 is 0.983 bits per heavy atom. The summed E-state index contributed by atoms with van der Waals surface area (Å²) in [6.07, 6.45) is 0. The van der Waals surface area contributed by atoms with E-state index < -0.39 is 0 Å². The van der Waals surface area contributed by atoms with E-state index in [1.807, 2.05) is 0 Å². The van der Waals surface area contributed by atoms with E-state index in [4.69, 9.17) is 4.74 Å². The van der Waals surface area contributed by atoms with Crippen LogP contribution in [-0.2, 0) is 5.41 Å². The summed E-state index contributed by atoms with van der Waals surface area (Å²) in [4.78, 5) is 2.45. The van der Waals surface area contributed by atoms with Crippen LogP contribution in [0.5, 0.6) is 11.5 Å². The third kappa shape index (κ3) is 5.13. The molecule has 0 amide bonds. The summed E-state index contributed by atoms with van der Waals surface area (Å²) in [5.74, 6) is 1.67. The van der Waals surface area contributed by atoms with E-state index in [-0.39, 0.29) is 5.41 Å². The highest BCUT2D eigenvalue weighted by Crippen LogP contribution is 2.55. The molecule has 0 radical (unpaired) electrons. The zero-order valence-corrected chi connectivity index (χ0v) is 32.9. The molecule has 10 aromatic rings. The normalized spacial score (nSPS) is 13.2. The van der Waals surface area contributed by atoms with Gasteiger partial charge in [0.15, 0.2) is 0 Å². The summed E-state index contributed by atoms with van der Waals surface area (Å²) in [6.45, 7) is 4.71. The van der Waals surface area contributed by atoms with Gasteiger partial charge in [-0.3, -0.25) is 0 Å². The molecule has 0 saturated carbocycles. The molecule has 1 heterocycles. The highest BCUT2D eigenvalue weighted by Gasteiger charge is 2.36. The number of anilines is 3. The van der Waals surface area contributed by atoms with Crippen molar-refractivity contribution in [3.05, 3.63) is 211 Å². The van der Waals surface area contributed by atoms with Gasteiger partial charge in [-0.25, -0.2) is 0 Å². The van der Waals surface area contributed by atoms with Crippen molar-refractivity contribution in [2.45, 2.75) is 19.3 Å². The zero-order chi connectivity index (χ0) is 39.2. The van der Waals surface area contributed by atoms with Crippen LogP contribution >= 0.6 is 0 Å². The fraction of sp³-hybridized carbons (Fsp3) is 0.0526. The Bertz CT molecular complexity index is 3340. The molecule has 1 aliphatic heterocycles. The molecule has 0 atom stereocenters. The monoisotopic (exact) mass is 753 g/mol. The highest BCUT2D eigenvalue weighted by molar-refractivity contribution is 6.15. The van der Waals surface area contributed by atoms with Gasteiger partial charge in [0, 0.05) is 39.4 Å².